The maximum atomic E-state index is 11.9. The summed E-state index contributed by atoms with van der Waals surface area (Å²) in [7, 11) is 0. The van der Waals surface area contributed by atoms with Crippen molar-refractivity contribution in [3.63, 3.8) is 0 Å². The third-order valence-electron chi connectivity index (χ3n) is 3.98. The number of aromatic nitrogens is 1. The zero-order valence-electron chi connectivity index (χ0n) is 14.1. The van der Waals surface area contributed by atoms with E-state index in [9.17, 15) is 4.79 Å². The van der Waals surface area contributed by atoms with E-state index in [1.165, 1.54) is 0 Å². The fourth-order valence-electron chi connectivity index (χ4n) is 2.64. The van der Waals surface area contributed by atoms with Crippen LogP contribution in [0.1, 0.15) is 18.5 Å². The van der Waals surface area contributed by atoms with E-state index in [1.807, 2.05) is 42.5 Å². The predicted octanol–water partition coefficient (Wildman–Crippen LogP) is 3.00. The summed E-state index contributed by atoms with van der Waals surface area (Å²) in [5, 5.41) is 5.63. The molecule has 1 aliphatic heterocycles. The fraction of sp³-hybridized carbons (Fsp3) is 0.368. The SMILES string of the molecule is O=C(NC[C@H]1CCCO1)Nc1ccc(OCCc2ccccn2)cc1. The van der Waals surface area contributed by atoms with Gasteiger partial charge in [-0.3, -0.25) is 4.98 Å². The summed E-state index contributed by atoms with van der Waals surface area (Å²) in [6, 6.07) is 12.9. The van der Waals surface area contributed by atoms with Gasteiger partial charge in [-0.15, -0.1) is 0 Å². The molecular formula is C19H23N3O3. The second-order valence-electron chi connectivity index (χ2n) is 5.91. The van der Waals surface area contributed by atoms with Crippen LogP contribution in [0.3, 0.4) is 0 Å². The third-order valence-corrected chi connectivity index (χ3v) is 3.98. The first-order valence-electron chi connectivity index (χ1n) is 8.59. The molecule has 2 amide bonds. The van der Waals surface area contributed by atoms with Crippen LogP contribution < -0.4 is 15.4 Å². The van der Waals surface area contributed by atoms with E-state index in [2.05, 4.69) is 15.6 Å². The lowest BCUT2D eigenvalue weighted by atomic mass is 10.2. The van der Waals surface area contributed by atoms with Gasteiger partial charge in [0.2, 0.25) is 0 Å². The average molecular weight is 341 g/mol. The van der Waals surface area contributed by atoms with Gasteiger partial charge < -0.3 is 20.1 Å². The number of carbonyl (C=O) groups is 1. The largest absolute Gasteiger partial charge is 0.493 e. The molecule has 2 heterocycles. The maximum absolute atomic E-state index is 11.9. The minimum absolute atomic E-state index is 0.139. The second-order valence-corrected chi connectivity index (χ2v) is 5.91. The van der Waals surface area contributed by atoms with Crippen molar-refractivity contribution in [1.29, 1.82) is 0 Å². The van der Waals surface area contributed by atoms with Crippen molar-refractivity contribution in [3.8, 4) is 5.75 Å². The molecule has 0 radical (unpaired) electrons. The van der Waals surface area contributed by atoms with Crippen molar-refractivity contribution in [1.82, 2.24) is 10.3 Å². The molecule has 1 fully saturated rings. The molecular weight excluding hydrogens is 318 g/mol. The summed E-state index contributed by atoms with van der Waals surface area (Å²) in [6.45, 7) is 1.89. The molecule has 132 valence electrons. The highest BCUT2D eigenvalue weighted by Gasteiger charge is 2.16. The molecule has 2 N–H and O–H groups in total. The summed E-state index contributed by atoms with van der Waals surface area (Å²) in [6.07, 6.45) is 4.74. The number of carbonyl (C=O) groups excluding carboxylic acids is 1. The predicted molar refractivity (Wildman–Crippen MR) is 95.9 cm³/mol. The highest BCUT2D eigenvalue weighted by atomic mass is 16.5. The van der Waals surface area contributed by atoms with Crippen LogP contribution in [-0.4, -0.2) is 36.9 Å². The molecule has 6 heteroatoms. The van der Waals surface area contributed by atoms with Gasteiger partial charge in [-0.1, -0.05) is 6.07 Å². The average Bonchev–Trinajstić information content (AvgIpc) is 3.16. The summed E-state index contributed by atoms with van der Waals surface area (Å²) in [5.74, 6) is 0.765. The summed E-state index contributed by atoms with van der Waals surface area (Å²) in [5.41, 5.74) is 1.73. The van der Waals surface area contributed by atoms with Crippen LogP contribution in [0, 0.1) is 0 Å². The fourth-order valence-corrected chi connectivity index (χ4v) is 2.64. The minimum atomic E-state index is -0.223. The Hall–Kier alpha value is -2.60. The number of anilines is 1. The van der Waals surface area contributed by atoms with Crippen molar-refractivity contribution in [2.75, 3.05) is 25.1 Å². The molecule has 0 unspecified atom stereocenters. The van der Waals surface area contributed by atoms with Crippen LogP contribution in [0.25, 0.3) is 0 Å². The summed E-state index contributed by atoms with van der Waals surface area (Å²) >= 11 is 0. The van der Waals surface area contributed by atoms with E-state index in [-0.39, 0.29) is 12.1 Å². The molecule has 1 aromatic heterocycles. The Labute approximate surface area is 147 Å². The van der Waals surface area contributed by atoms with Crippen molar-refractivity contribution in [3.05, 3.63) is 54.4 Å². The standard InChI is InChI=1S/C19H23N3O3/c23-19(21-14-18-5-3-12-24-18)22-16-6-8-17(9-7-16)25-13-10-15-4-1-2-11-20-15/h1-2,4,6-9,11,18H,3,5,10,12-14H2,(H2,21,22,23)/t18-/m1/s1. The Balaban J connectivity index is 1.38. The first-order valence-corrected chi connectivity index (χ1v) is 8.59. The highest BCUT2D eigenvalue weighted by Crippen LogP contribution is 2.16. The minimum Gasteiger partial charge on any atom is -0.493 e. The van der Waals surface area contributed by atoms with Crippen LogP contribution in [0.5, 0.6) is 5.75 Å². The zero-order valence-corrected chi connectivity index (χ0v) is 14.1. The normalized spacial score (nSPS) is 16.4. The van der Waals surface area contributed by atoms with Crippen molar-refractivity contribution in [2.24, 2.45) is 0 Å². The lowest BCUT2D eigenvalue weighted by molar-refractivity contribution is 0.112. The zero-order chi connectivity index (χ0) is 17.3. The van der Waals surface area contributed by atoms with Gasteiger partial charge >= 0.3 is 6.03 Å². The smallest absolute Gasteiger partial charge is 0.319 e. The van der Waals surface area contributed by atoms with Gasteiger partial charge in [0.15, 0.2) is 0 Å². The van der Waals surface area contributed by atoms with Crippen LogP contribution in [0.15, 0.2) is 48.7 Å². The first-order chi connectivity index (χ1) is 12.3. The van der Waals surface area contributed by atoms with Crippen molar-refractivity contribution < 1.29 is 14.3 Å². The molecule has 0 saturated carbocycles. The van der Waals surface area contributed by atoms with Crippen molar-refractivity contribution >= 4 is 11.7 Å². The topological polar surface area (TPSA) is 72.5 Å². The number of pyridine rings is 1. The third kappa shape index (κ3) is 5.76. The molecule has 1 aliphatic rings. The number of benzene rings is 1. The Kier molecular flexibility index (Phi) is 6.23. The van der Waals surface area contributed by atoms with E-state index >= 15 is 0 Å². The molecule has 1 saturated heterocycles. The highest BCUT2D eigenvalue weighted by molar-refractivity contribution is 5.89. The molecule has 0 spiro atoms. The molecule has 0 bridgehead atoms. The van der Waals surface area contributed by atoms with Crippen LogP contribution >= 0.6 is 0 Å². The van der Waals surface area contributed by atoms with Gasteiger partial charge in [0.25, 0.3) is 0 Å². The number of rotatable bonds is 7. The van der Waals surface area contributed by atoms with Crippen LogP contribution in [0.2, 0.25) is 0 Å². The molecule has 25 heavy (non-hydrogen) atoms. The van der Waals surface area contributed by atoms with Gasteiger partial charge in [-0.2, -0.15) is 0 Å². The van der Waals surface area contributed by atoms with Gasteiger partial charge in [0.1, 0.15) is 5.75 Å². The molecule has 2 aromatic rings. The van der Waals surface area contributed by atoms with Crippen molar-refractivity contribution in [2.45, 2.75) is 25.4 Å². The van der Waals surface area contributed by atoms with E-state index < -0.39 is 0 Å². The first kappa shape index (κ1) is 17.2. The van der Waals surface area contributed by atoms with E-state index in [0.717, 1.165) is 43.0 Å². The number of amides is 2. The summed E-state index contributed by atoms with van der Waals surface area (Å²) in [4.78, 5) is 16.1. The number of ether oxygens (including phenoxy) is 2. The second kappa shape index (κ2) is 9.03. The van der Waals surface area contributed by atoms with Gasteiger partial charge in [0.05, 0.1) is 12.7 Å². The number of hydrogen-bond donors (Lipinski definition) is 2. The maximum Gasteiger partial charge on any atom is 0.319 e. The Morgan fingerprint density at radius 2 is 2.12 bits per heavy atom. The quantitative estimate of drug-likeness (QED) is 0.812. The Morgan fingerprint density at radius 3 is 2.84 bits per heavy atom. The molecule has 1 aromatic carbocycles. The lowest BCUT2D eigenvalue weighted by Crippen LogP contribution is -2.34. The lowest BCUT2D eigenvalue weighted by Gasteiger charge is -2.12. The van der Waals surface area contributed by atoms with E-state index in [4.69, 9.17) is 9.47 Å². The van der Waals surface area contributed by atoms with Gasteiger partial charge in [0, 0.05) is 37.2 Å². The Bertz CT molecular complexity index is 655. The van der Waals surface area contributed by atoms with E-state index in [1.54, 1.807) is 6.20 Å². The Morgan fingerprint density at radius 1 is 1.24 bits per heavy atom. The van der Waals surface area contributed by atoms with Gasteiger partial charge in [-0.25, -0.2) is 4.79 Å². The molecule has 0 aliphatic carbocycles. The van der Waals surface area contributed by atoms with Gasteiger partial charge in [-0.05, 0) is 49.2 Å². The number of nitrogens with one attached hydrogen (secondary N) is 2. The molecule has 3 rings (SSSR count). The number of nitrogens with zero attached hydrogens (tertiary/aromatic N) is 1. The molecule has 6 nitrogen and oxygen atoms in total. The van der Waals surface area contributed by atoms with Crippen LogP contribution in [0.4, 0.5) is 10.5 Å². The van der Waals surface area contributed by atoms with Crippen LogP contribution in [-0.2, 0) is 11.2 Å². The monoisotopic (exact) mass is 341 g/mol. The molecule has 1 atom stereocenters. The number of urea groups is 1. The van der Waals surface area contributed by atoms with E-state index in [0.29, 0.717) is 13.2 Å². The number of hydrogen-bond acceptors (Lipinski definition) is 4. The summed E-state index contributed by atoms with van der Waals surface area (Å²) < 4.78 is 11.2.